The molecular formula is C13H13F6NOS. The fourth-order valence-electron chi connectivity index (χ4n) is 1.32. The van der Waals surface area contributed by atoms with Crippen LogP contribution in [-0.4, -0.2) is 15.2 Å². The maximum Gasteiger partial charge on any atom is 0.416 e. The molecule has 2 nitrogen and oxygen atoms in total. The Morgan fingerprint density at radius 1 is 0.909 bits per heavy atom. The molecule has 0 aliphatic heterocycles. The van der Waals surface area contributed by atoms with Crippen LogP contribution in [0.3, 0.4) is 0 Å². The molecule has 1 rings (SSSR count). The van der Waals surface area contributed by atoms with Crippen molar-refractivity contribution >= 4 is 17.2 Å². The molecular weight excluding hydrogens is 332 g/mol. The van der Waals surface area contributed by atoms with E-state index in [-0.39, 0.29) is 6.07 Å². The van der Waals surface area contributed by atoms with Gasteiger partial charge in [0.2, 0.25) is 0 Å². The van der Waals surface area contributed by atoms with E-state index in [0.717, 1.165) is 6.21 Å². The first-order valence-corrected chi connectivity index (χ1v) is 7.07. The molecule has 0 aliphatic carbocycles. The van der Waals surface area contributed by atoms with Gasteiger partial charge in [-0.3, -0.25) is 0 Å². The van der Waals surface area contributed by atoms with Crippen molar-refractivity contribution in [3.05, 3.63) is 34.9 Å². The Kier molecular flexibility index (Phi) is 5.11. The average molecular weight is 345 g/mol. The summed E-state index contributed by atoms with van der Waals surface area (Å²) in [6.07, 6.45) is -9.09. The van der Waals surface area contributed by atoms with Crippen molar-refractivity contribution in [2.24, 2.45) is 4.40 Å². The van der Waals surface area contributed by atoms with Crippen LogP contribution >= 0.6 is 0 Å². The van der Waals surface area contributed by atoms with Gasteiger partial charge in [-0.05, 0) is 44.5 Å². The van der Waals surface area contributed by atoms with E-state index >= 15 is 0 Å². The Morgan fingerprint density at radius 2 is 1.32 bits per heavy atom. The molecule has 1 aromatic rings. The zero-order valence-electron chi connectivity index (χ0n) is 11.8. The Morgan fingerprint density at radius 3 is 1.64 bits per heavy atom. The fourth-order valence-corrected chi connectivity index (χ4v) is 1.85. The average Bonchev–Trinajstić information content (AvgIpc) is 2.32. The van der Waals surface area contributed by atoms with Gasteiger partial charge in [0.05, 0.1) is 15.9 Å². The third-order valence-corrected chi connectivity index (χ3v) is 3.78. The molecule has 1 atom stereocenters. The van der Waals surface area contributed by atoms with Crippen molar-refractivity contribution < 1.29 is 30.6 Å². The van der Waals surface area contributed by atoms with Crippen molar-refractivity contribution in [2.75, 3.05) is 0 Å². The van der Waals surface area contributed by atoms with Gasteiger partial charge in [0, 0.05) is 6.21 Å². The summed E-state index contributed by atoms with van der Waals surface area (Å²) in [4.78, 5) is 0. The van der Waals surface area contributed by atoms with Crippen LogP contribution in [0, 0.1) is 0 Å². The molecule has 0 saturated carbocycles. The lowest BCUT2D eigenvalue weighted by molar-refractivity contribution is -0.143. The minimum atomic E-state index is -4.92. The van der Waals surface area contributed by atoms with Crippen molar-refractivity contribution in [1.29, 1.82) is 0 Å². The van der Waals surface area contributed by atoms with Crippen LogP contribution in [-0.2, 0) is 23.3 Å². The quantitative estimate of drug-likeness (QED) is 0.569. The summed E-state index contributed by atoms with van der Waals surface area (Å²) >= 11 is 0. The zero-order chi connectivity index (χ0) is 17.3. The molecule has 0 aromatic heterocycles. The molecule has 0 bridgehead atoms. The summed E-state index contributed by atoms with van der Waals surface area (Å²) in [6, 6.07) is 1.08. The van der Waals surface area contributed by atoms with Gasteiger partial charge < -0.3 is 0 Å². The monoisotopic (exact) mass is 345 g/mol. The van der Waals surface area contributed by atoms with Gasteiger partial charge in [0.1, 0.15) is 11.0 Å². The first-order chi connectivity index (χ1) is 9.71. The number of alkyl halides is 6. The molecule has 0 aliphatic rings. The number of halogens is 6. The summed E-state index contributed by atoms with van der Waals surface area (Å²) in [6.45, 7) is 4.73. The lowest BCUT2D eigenvalue weighted by Gasteiger charge is -2.14. The Bertz CT molecular complexity index is 566. The van der Waals surface area contributed by atoms with Crippen molar-refractivity contribution in [1.82, 2.24) is 0 Å². The maximum atomic E-state index is 12.7. The lowest BCUT2D eigenvalue weighted by atomic mass is 10.1. The molecule has 0 N–H and O–H groups in total. The first-order valence-electron chi connectivity index (χ1n) is 5.97. The Hall–Kier alpha value is -1.38. The number of hydrogen-bond acceptors (Lipinski definition) is 1. The van der Waals surface area contributed by atoms with Crippen molar-refractivity contribution in [3.63, 3.8) is 0 Å². The molecule has 0 heterocycles. The molecule has 0 radical (unpaired) electrons. The number of rotatable bonds is 2. The van der Waals surface area contributed by atoms with E-state index in [1.807, 2.05) is 0 Å². The van der Waals surface area contributed by atoms with E-state index in [4.69, 9.17) is 0 Å². The van der Waals surface area contributed by atoms with E-state index in [1.54, 1.807) is 20.8 Å². The Balaban J connectivity index is 3.31. The van der Waals surface area contributed by atoms with Crippen LogP contribution in [0.15, 0.2) is 22.6 Å². The minimum absolute atomic E-state index is 0.0259. The molecule has 0 saturated heterocycles. The highest BCUT2D eigenvalue weighted by Crippen LogP contribution is 2.36. The summed E-state index contributed by atoms with van der Waals surface area (Å²) in [7, 11) is -1.79. The second-order valence-electron chi connectivity index (χ2n) is 5.44. The summed E-state index contributed by atoms with van der Waals surface area (Å²) in [5.74, 6) is 0. The maximum absolute atomic E-state index is 12.7. The largest absolute Gasteiger partial charge is 0.416 e. The standard InChI is InChI=1S/C13H13F6NOS/c1-11(2,3)22(21)20-7-8-4-9(12(14,15)16)6-10(5-8)13(17,18)19/h4-7H,1-3H3/b20-7+/t22-/m1/s1. The Labute approximate surface area is 125 Å². The third kappa shape index (κ3) is 5.11. The lowest BCUT2D eigenvalue weighted by Crippen LogP contribution is -2.19. The highest BCUT2D eigenvalue weighted by Gasteiger charge is 2.36. The molecule has 0 unspecified atom stereocenters. The van der Waals surface area contributed by atoms with Gasteiger partial charge in [-0.1, -0.05) is 0 Å². The van der Waals surface area contributed by atoms with E-state index in [1.165, 1.54) is 0 Å². The molecule has 9 heteroatoms. The van der Waals surface area contributed by atoms with Gasteiger partial charge >= 0.3 is 12.4 Å². The zero-order valence-corrected chi connectivity index (χ0v) is 12.7. The van der Waals surface area contributed by atoms with Crippen LogP contribution in [0.1, 0.15) is 37.5 Å². The molecule has 0 spiro atoms. The number of benzene rings is 1. The van der Waals surface area contributed by atoms with Crippen LogP contribution in [0.5, 0.6) is 0 Å². The number of hydrogen-bond donors (Lipinski definition) is 0. The molecule has 124 valence electrons. The highest BCUT2D eigenvalue weighted by atomic mass is 32.2. The van der Waals surface area contributed by atoms with Crippen molar-refractivity contribution in [3.8, 4) is 0 Å². The third-order valence-electron chi connectivity index (χ3n) is 2.43. The van der Waals surface area contributed by atoms with Crippen LogP contribution in [0.25, 0.3) is 0 Å². The van der Waals surface area contributed by atoms with Gasteiger partial charge in [-0.2, -0.15) is 30.7 Å². The SMILES string of the molecule is CC(C)(C)[S@@](=O)/N=C/c1cc(C(F)(F)F)cc(C(F)(F)F)c1. The van der Waals surface area contributed by atoms with E-state index in [0.29, 0.717) is 12.1 Å². The van der Waals surface area contributed by atoms with Gasteiger partial charge in [0.25, 0.3) is 0 Å². The van der Waals surface area contributed by atoms with E-state index < -0.39 is 44.8 Å². The van der Waals surface area contributed by atoms with Gasteiger partial charge in [-0.25, -0.2) is 4.21 Å². The van der Waals surface area contributed by atoms with Crippen LogP contribution in [0.4, 0.5) is 26.3 Å². The second kappa shape index (κ2) is 6.02. The predicted molar refractivity (Wildman–Crippen MR) is 71.9 cm³/mol. The summed E-state index contributed by atoms with van der Waals surface area (Å²) in [5.41, 5.74) is -3.30. The molecule has 22 heavy (non-hydrogen) atoms. The van der Waals surface area contributed by atoms with E-state index in [9.17, 15) is 30.6 Å². The molecule has 0 fully saturated rings. The van der Waals surface area contributed by atoms with Gasteiger partial charge in [-0.15, -0.1) is 0 Å². The smallest absolute Gasteiger partial charge is 0.234 e. The normalized spacial score (nSPS) is 15.3. The van der Waals surface area contributed by atoms with Crippen molar-refractivity contribution in [2.45, 2.75) is 37.9 Å². The number of nitrogens with zero attached hydrogens (tertiary/aromatic N) is 1. The van der Waals surface area contributed by atoms with E-state index in [2.05, 4.69) is 4.40 Å². The van der Waals surface area contributed by atoms with Gasteiger partial charge in [0.15, 0.2) is 0 Å². The second-order valence-corrected chi connectivity index (χ2v) is 7.37. The minimum Gasteiger partial charge on any atom is -0.234 e. The topological polar surface area (TPSA) is 29.4 Å². The highest BCUT2D eigenvalue weighted by molar-refractivity contribution is 7.85. The van der Waals surface area contributed by atoms with Crippen LogP contribution < -0.4 is 0 Å². The summed E-state index contributed by atoms with van der Waals surface area (Å²) in [5, 5.41) is 0. The molecule has 1 aromatic carbocycles. The van der Waals surface area contributed by atoms with Crippen LogP contribution in [0.2, 0.25) is 0 Å². The summed E-state index contributed by atoms with van der Waals surface area (Å²) < 4.78 is 90.3. The first kappa shape index (κ1) is 18.7. The predicted octanol–water partition coefficient (Wildman–Crippen LogP) is 4.61. The molecule has 0 amide bonds. The fraction of sp³-hybridized carbons (Fsp3) is 0.462.